The largest absolute Gasteiger partial charge is 0.304 e. The number of anilines is 3. The lowest BCUT2D eigenvalue weighted by atomic mass is 9.78. The van der Waals surface area contributed by atoms with Crippen molar-refractivity contribution in [3.8, 4) is 33.4 Å². The first-order valence-corrected chi connectivity index (χ1v) is 27.8. The van der Waals surface area contributed by atoms with Crippen LogP contribution in [0.5, 0.6) is 0 Å². The standard InChI is InChI=1S/C45H43N7Si3/c1-45(2)34-21-13-12-18-30(34)31-19-14-20-32(39(31)45)33-25-27-38(44-41(33)48-55(7,8)51-44)52(36-23-15-22-35-42(36)49-53(3,4)46-35)37-26-24-29(28-16-10-9-11-17-28)40-43(37)50-54(5,6)47-40/h9-27H,1-8H3. The normalized spacial score (nSPS) is 17.8. The van der Waals surface area contributed by atoms with Crippen molar-refractivity contribution in [1.29, 1.82) is 0 Å². The van der Waals surface area contributed by atoms with Gasteiger partial charge in [-0.3, -0.25) is 27.9 Å². The second-order valence-corrected chi connectivity index (χ2v) is 27.4. The molecule has 4 aliphatic rings. The van der Waals surface area contributed by atoms with Crippen LogP contribution < -0.4 is 37.0 Å². The second kappa shape index (κ2) is 11.5. The molecule has 3 heterocycles. The van der Waals surface area contributed by atoms with Gasteiger partial charge in [-0.25, -0.2) is 0 Å². The second-order valence-electron chi connectivity index (χ2n) is 17.1. The smallest absolute Gasteiger partial charge is 0.298 e. The summed E-state index contributed by atoms with van der Waals surface area (Å²) in [6.07, 6.45) is 0. The lowest BCUT2D eigenvalue weighted by Crippen LogP contribution is -2.38. The highest BCUT2D eigenvalue weighted by atomic mass is 28.4. The minimum absolute atomic E-state index is 0.169. The Labute approximate surface area is 324 Å². The van der Waals surface area contributed by atoms with E-state index in [0.29, 0.717) is 0 Å². The van der Waals surface area contributed by atoms with Crippen molar-refractivity contribution in [1.82, 2.24) is 0 Å². The molecule has 7 nitrogen and oxygen atoms in total. The highest BCUT2D eigenvalue weighted by molar-refractivity contribution is 6.75. The van der Waals surface area contributed by atoms with E-state index in [1.165, 1.54) is 27.8 Å². The molecule has 0 fully saturated rings. The van der Waals surface area contributed by atoms with Crippen molar-refractivity contribution in [3.05, 3.63) is 159 Å². The predicted molar refractivity (Wildman–Crippen MR) is 229 cm³/mol. The van der Waals surface area contributed by atoms with Crippen LogP contribution in [0, 0.1) is 0 Å². The van der Waals surface area contributed by atoms with E-state index in [1.54, 1.807) is 0 Å². The van der Waals surface area contributed by atoms with Gasteiger partial charge in [0, 0.05) is 16.5 Å². The number of hydrogen-bond donors (Lipinski definition) is 0. The van der Waals surface area contributed by atoms with Crippen molar-refractivity contribution in [2.24, 2.45) is 27.9 Å². The third-order valence-electron chi connectivity index (χ3n) is 11.3. The Morgan fingerprint density at radius 3 is 1.58 bits per heavy atom. The van der Waals surface area contributed by atoms with Gasteiger partial charge in [0.15, 0.2) is 0 Å². The average Bonchev–Trinajstić information content (AvgIpc) is 3.84. The molecule has 55 heavy (non-hydrogen) atoms. The van der Waals surface area contributed by atoms with Gasteiger partial charge in [0.2, 0.25) is 0 Å². The maximum absolute atomic E-state index is 5.56. The van der Waals surface area contributed by atoms with Crippen LogP contribution in [0.25, 0.3) is 33.4 Å². The van der Waals surface area contributed by atoms with E-state index >= 15 is 0 Å². The van der Waals surface area contributed by atoms with E-state index in [-0.39, 0.29) is 5.41 Å². The van der Waals surface area contributed by atoms with Gasteiger partial charge in [0.1, 0.15) is 0 Å². The van der Waals surface area contributed by atoms with Crippen LogP contribution in [-0.4, -0.2) is 25.2 Å². The van der Waals surface area contributed by atoms with Crippen molar-refractivity contribution < 1.29 is 0 Å². The van der Waals surface area contributed by atoms with Crippen LogP contribution in [0.4, 0.5) is 17.1 Å². The Morgan fingerprint density at radius 2 is 0.891 bits per heavy atom. The molecular formula is C45H43N7Si3. The van der Waals surface area contributed by atoms with Crippen LogP contribution in [0.1, 0.15) is 25.0 Å². The number of nitrogens with zero attached hydrogens (tertiary/aromatic N) is 7. The fourth-order valence-electron chi connectivity index (χ4n) is 9.12. The van der Waals surface area contributed by atoms with Crippen molar-refractivity contribution in [2.75, 3.05) is 4.90 Å². The van der Waals surface area contributed by atoms with Crippen molar-refractivity contribution >= 4 is 42.3 Å². The summed E-state index contributed by atoms with van der Waals surface area (Å²) in [6, 6.07) is 41.5. The molecule has 0 N–H and O–H groups in total. The van der Waals surface area contributed by atoms with E-state index in [2.05, 4.69) is 173 Å². The Bertz CT molecular complexity index is 3060. The maximum Gasteiger partial charge on any atom is 0.298 e. The summed E-state index contributed by atoms with van der Waals surface area (Å²) >= 11 is 0. The van der Waals surface area contributed by atoms with Gasteiger partial charge in [-0.15, -0.1) is 0 Å². The third-order valence-corrected chi connectivity index (χ3v) is 15.9. The molecule has 10 rings (SSSR count). The highest BCUT2D eigenvalue weighted by Crippen LogP contribution is 2.51. The number of benzene rings is 6. The van der Waals surface area contributed by atoms with E-state index in [4.69, 9.17) is 27.9 Å². The fourth-order valence-corrected chi connectivity index (χ4v) is 13.9. The van der Waals surface area contributed by atoms with Crippen LogP contribution in [0.3, 0.4) is 0 Å². The zero-order chi connectivity index (χ0) is 38.1. The molecule has 10 heteroatoms. The Balaban J connectivity index is 1.28. The molecule has 0 saturated carbocycles. The summed E-state index contributed by atoms with van der Waals surface area (Å²) in [6.45, 7) is 18.0. The minimum atomic E-state index is -2.40. The molecule has 0 aromatic heterocycles. The molecular weight excluding hydrogens is 723 g/mol. The number of fused-ring (bicyclic) bond motifs is 6. The van der Waals surface area contributed by atoms with E-state index in [1.807, 2.05) is 0 Å². The van der Waals surface area contributed by atoms with E-state index < -0.39 is 25.2 Å². The molecule has 0 radical (unpaired) electrons. The zero-order valence-corrected chi connectivity index (χ0v) is 35.6. The topological polar surface area (TPSA) is 77.4 Å². The lowest BCUT2D eigenvalue weighted by molar-refractivity contribution is 0.662. The van der Waals surface area contributed by atoms with Crippen LogP contribution in [0.15, 0.2) is 143 Å². The van der Waals surface area contributed by atoms with Gasteiger partial charge in [-0.1, -0.05) is 105 Å². The molecule has 6 aromatic carbocycles. The molecule has 0 amide bonds. The maximum atomic E-state index is 5.56. The first-order chi connectivity index (χ1) is 26.2. The fraction of sp³-hybridized carbons (Fsp3) is 0.200. The van der Waals surface area contributed by atoms with Crippen LogP contribution >= 0.6 is 0 Å². The molecule has 0 atom stereocenters. The SMILES string of the molecule is CC1(C)c2ccccc2-c2cccc(-c3ccc(N(c4cccc5c4=N[Si](C)(C)N=5)c4ccc(-c5ccccc5)c5c4=N[Si](C)(C)N=5)c4c3=N[Si](C)(C)N=4)c21. The molecule has 0 saturated heterocycles. The van der Waals surface area contributed by atoms with Crippen molar-refractivity contribution in [2.45, 2.75) is 58.5 Å². The summed E-state index contributed by atoms with van der Waals surface area (Å²) in [5, 5.41) is 5.65. The minimum Gasteiger partial charge on any atom is -0.304 e. The van der Waals surface area contributed by atoms with Gasteiger partial charge in [0.05, 0.1) is 49.2 Å². The Morgan fingerprint density at radius 1 is 0.400 bits per heavy atom. The van der Waals surface area contributed by atoms with Crippen molar-refractivity contribution in [3.63, 3.8) is 0 Å². The van der Waals surface area contributed by atoms with Gasteiger partial charge in [-0.2, -0.15) is 0 Å². The van der Waals surface area contributed by atoms with E-state index in [0.717, 1.165) is 65.9 Å². The molecule has 3 aliphatic heterocycles. The summed E-state index contributed by atoms with van der Waals surface area (Å²) in [5.41, 5.74) is 12.7. The summed E-state index contributed by atoms with van der Waals surface area (Å²) < 4.78 is 32.4. The van der Waals surface area contributed by atoms with Gasteiger partial charge < -0.3 is 4.90 Å². The predicted octanol–water partition coefficient (Wildman–Crippen LogP) is 7.66. The average molecular weight is 766 g/mol. The first kappa shape index (κ1) is 34.1. The molecule has 1 aliphatic carbocycles. The quantitative estimate of drug-likeness (QED) is 0.166. The monoisotopic (exact) mass is 765 g/mol. The van der Waals surface area contributed by atoms with Crippen LogP contribution in [0.2, 0.25) is 39.3 Å². The summed E-state index contributed by atoms with van der Waals surface area (Å²) in [7, 11) is -6.94. The third kappa shape index (κ3) is 5.26. The number of rotatable bonds is 5. The summed E-state index contributed by atoms with van der Waals surface area (Å²) in [5.74, 6) is 0. The number of hydrogen-bond acceptors (Lipinski definition) is 7. The lowest BCUT2D eigenvalue weighted by Gasteiger charge is -2.27. The summed E-state index contributed by atoms with van der Waals surface area (Å²) in [4.78, 5) is 2.35. The molecule has 270 valence electrons. The molecule has 0 spiro atoms. The first-order valence-electron chi connectivity index (χ1n) is 19.2. The molecule has 0 bridgehead atoms. The highest BCUT2D eigenvalue weighted by Gasteiger charge is 2.39. The van der Waals surface area contributed by atoms with E-state index in [9.17, 15) is 0 Å². The molecule has 6 aromatic rings. The van der Waals surface area contributed by atoms with Gasteiger partial charge >= 0.3 is 0 Å². The Kier molecular flexibility index (Phi) is 7.16. The van der Waals surface area contributed by atoms with Gasteiger partial charge in [0.25, 0.3) is 25.2 Å². The molecule has 0 unspecified atom stereocenters. The zero-order valence-electron chi connectivity index (χ0n) is 32.6. The van der Waals surface area contributed by atoms with Gasteiger partial charge in [-0.05, 0) is 96.9 Å². The van der Waals surface area contributed by atoms with Crippen LogP contribution in [-0.2, 0) is 5.41 Å². The Hall–Kier alpha value is -5.43.